The van der Waals surface area contributed by atoms with Crippen molar-refractivity contribution in [2.45, 2.75) is 19.6 Å². The minimum Gasteiger partial charge on any atom is -0.326 e. The lowest BCUT2D eigenvalue weighted by molar-refractivity contribution is -0.119. The van der Waals surface area contributed by atoms with Crippen molar-refractivity contribution in [3.63, 3.8) is 0 Å². The van der Waals surface area contributed by atoms with Crippen LogP contribution in [-0.4, -0.2) is 27.4 Å². The average molecular weight is 299 g/mol. The van der Waals surface area contributed by atoms with E-state index in [1.807, 2.05) is 13.8 Å². The summed E-state index contributed by atoms with van der Waals surface area (Å²) in [6.45, 7) is 5.26. The second-order valence-electron chi connectivity index (χ2n) is 4.70. The van der Waals surface area contributed by atoms with Gasteiger partial charge in [0.05, 0.1) is 5.75 Å². The Labute approximate surface area is 119 Å². The van der Waals surface area contributed by atoms with Crippen molar-refractivity contribution in [1.82, 2.24) is 5.32 Å². The Balaban J connectivity index is 2.59. The van der Waals surface area contributed by atoms with Gasteiger partial charge in [-0.2, -0.15) is 0 Å². The lowest BCUT2D eigenvalue weighted by atomic mass is 10.1. The van der Waals surface area contributed by atoms with Gasteiger partial charge >= 0.3 is 0 Å². The molecule has 20 heavy (non-hydrogen) atoms. The summed E-state index contributed by atoms with van der Waals surface area (Å²) in [6.07, 6.45) is 0. The predicted octanol–water partition coefficient (Wildman–Crippen LogP) is 0.659. The molecule has 0 spiro atoms. The molecule has 0 heterocycles. The molecule has 7 heteroatoms. The molecule has 1 atom stereocenters. The number of hydrogen-bond acceptors (Lipinski definition) is 4. The number of benzene rings is 1. The van der Waals surface area contributed by atoms with Crippen LogP contribution in [0.1, 0.15) is 19.4 Å². The minimum atomic E-state index is -3.53. The molecule has 1 aromatic rings. The highest BCUT2D eigenvalue weighted by Crippen LogP contribution is 2.12. The Morgan fingerprint density at radius 2 is 1.90 bits per heavy atom. The number of nitrogens with one attached hydrogen (secondary N) is 2. The molecule has 0 fully saturated rings. The largest absolute Gasteiger partial charge is 0.326 e. The second-order valence-corrected chi connectivity index (χ2v) is 6.32. The van der Waals surface area contributed by atoms with Crippen molar-refractivity contribution >= 4 is 21.6 Å². The molecule has 1 rings (SSSR count). The highest BCUT2D eigenvalue weighted by molar-refractivity contribution is 7.88. The van der Waals surface area contributed by atoms with Gasteiger partial charge in [-0.1, -0.05) is 26.0 Å². The van der Waals surface area contributed by atoms with E-state index in [2.05, 4.69) is 10.6 Å². The number of primary sulfonamides is 1. The zero-order valence-electron chi connectivity index (χ0n) is 11.7. The molecule has 6 nitrogen and oxygen atoms in total. The molecule has 0 aliphatic rings. The maximum atomic E-state index is 11.9. The first-order valence-electron chi connectivity index (χ1n) is 6.43. The monoisotopic (exact) mass is 299 g/mol. The maximum absolute atomic E-state index is 11.9. The van der Waals surface area contributed by atoms with Crippen LogP contribution in [0.15, 0.2) is 24.3 Å². The Morgan fingerprint density at radius 1 is 1.30 bits per heavy atom. The van der Waals surface area contributed by atoms with E-state index in [0.717, 1.165) is 6.54 Å². The summed E-state index contributed by atoms with van der Waals surface area (Å²) >= 11 is 0. The third-order valence-electron chi connectivity index (χ3n) is 2.74. The van der Waals surface area contributed by atoms with E-state index >= 15 is 0 Å². The fourth-order valence-electron chi connectivity index (χ4n) is 1.64. The van der Waals surface area contributed by atoms with Gasteiger partial charge in [0.15, 0.2) is 0 Å². The van der Waals surface area contributed by atoms with Gasteiger partial charge in [0, 0.05) is 18.2 Å². The third kappa shape index (κ3) is 6.14. The van der Waals surface area contributed by atoms with Crippen LogP contribution in [0.4, 0.5) is 5.69 Å². The molecule has 4 N–H and O–H groups in total. The Hall–Kier alpha value is -1.44. The summed E-state index contributed by atoms with van der Waals surface area (Å²) < 4.78 is 21.9. The van der Waals surface area contributed by atoms with E-state index < -0.39 is 10.0 Å². The second kappa shape index (κ2) is 7.37. The fraction of sp³-hybridized carbons (Fsp3) is 0.462. The zero-order valence-corrected chi connectivity index (χ0v) is 12.5. The van der Waals surface area contributed by atoms with Gasteiger partial charge < -0.3 is 10.6 Å². The number of anilines is 1. The molecule has 0 aromatic heterocycles. The molecule has 1 aromatic carbocycles. The molecule has 0 radical (unpaired) electrons. The van der Waals surface area contributed by atoms with Crippen LogP contribution in [0.3, 0.4) is 0 Å². The van der Waals surface area contributed by atoms with Crippen molar-refractivity contribution < 1.29 is 13.2 Å². The van der Waals surface area contributed by atoms with Crippen LogP contribution >= 0.6 is 0 Å². The Bertz CT molecular complexity index is 540. The molecule has 0 aliphatic carbocycles. The van der Waals surface area contributed by atoms with Crippen LogP contribution in [0.2, 0.25) is 0 Å². The molecule has 1 unspecified atom stereocenters. The van der Waals surface area contributed by atoms with Gasteiger partial charge in [-0.15, -0.1) is 0 Å². The van der Waals surface area contributed by atoms with Crippen LogP contribution in [0.25, 0.3) is 0 Å². The number of amides is 1. The summed E-state index contributed by atoms with van der Waals surface area (Å²) in [4.78, 5) is 11.9. The number of sulfonamides is 1. The van der Waals surface area contributed by atoms with Crippen LogP contribution in [0.5, 0.6) is 0 Å². The summed E-state index contributed by atoms with van der Waals surface area (Å²) in [5.41, 5.74) is 1.22. The normalized spacial score (nSPS) is 12.9. The van der Waals surface area contributed by atoms with E-state index in [1.54, 1.807) is 24.3 Å². The van der Waals surface area contributed by atoms with Crippen molar-refractivity contribution in [2.24, 2.45) is 11.1 Å². The zero-order chi connectivity index (χ0) is 15.2. The maximum Gasteiger partial charge on any atom is 0.228 e. The molecule has 0 saturated heterocycles. The van der Waals surface area contributed by atoms with E-state index in [9.17, 15) is 13.2 Å². The van der Waals surface area contributed by atoms with E-state index in [-0.39, 0.29) is 17.6 Å². The van der Waals surface area contributed by atoms with Gasteiger partial charge in [0.25, 0.3) is 0 Å². The molecule has 0 bridgehead atoms. The minimum absolute atomic E-state index is 0.0786. The van der Waals surface area contributed by atoms with Gasteiger partial charge in [0.2, 0.25) is 15.9 Å². The summed E-state index contributed by atoms with van der Waals surface area (Å²) in [5, 5.41) is 10.9. The molecular weight excluding hydrogens is 278 g/mol. The van der Waals surface area contributed by atoms with Gasteiger partial charge in [0.1, 0.15) is 0 Å². The lowest BCUT2D eigenvalue weighted by Crippen LogP contribution is -2.30. The molecule has 1 amide bonds. The van der Waals surface area contributed by atoms with Crippen LogP contribution < -0.4 is 15.8 Å². The number of carbonyl (C=O) groups excluding carboxylic acids is 1. The highest BCUT2D eigenvalue weighted by atomic mass is 32.2. The van der Waals surface area contributed by atoms with Crippen molar-refractivity contribution in [2.75, 3.05) is 18.4 Å². The van der Waals surface area contributed by atoms with Crippen molar-refractivity contribution in [3.05, 3.63) is 29.8 Å². The number of hydrogen-bond donors (Lipinski definition) is 3. The highest BCUT2D eigenvalue weighted by Gasteiger charge is 2.12. The van der Waals surface area contributed by atoms with Gasteiger partial charge in [-0.3, -0.25) is 4.79 Å². The summed E-state index contributed by atoms with van der Waals surface area (Å²) in [7, 11) is -3.53. The van der Waals surface area contributed by atoms with E-state index in [1.165, 1.54) is 0 Å². The van der Waals surface area contributed by atoms with Gasteiger partial charge in [-0.05, 0) is 24.2 Å². The molecule has 112 valence electrons. The first kappa shape index (κ1) is 16.6. The number of nitrogens with two attached hydrogens (primary N) is 1. The summed E-state index contributed by atoms with van der Waals surface area (Å²) in [5.74, 6) is -0.429. The number of carbonyl (C=O) groups is 1. The topological polar surface area (TPSA) is 101 Å². The van der Waals surface area contributed by atoms with E-state index in [4.69, 9.17) is 5.14 Å². The van der Waals surface area contributed by atoms with Gasteiger partial charge in [-0.25, -0.2) is 13.6 Å². The standard InChI is InChI=1S/C13H21N3O3S/c1-3-15-8-10(2)13(17)16-12-6-4-11(5-7-12)9-20(14,18)19/h4-7,10,15H,3,8-9H2,1-2H3,(H,16,17)(H2,14,18,19). The van der Waals surface area contributed by atoms with Crippen molar-refractivity contribution in [3.8, 4) is 0 Å². The quantitative estimate of drug-likeness (QED) is 0.688. The van der Waals surface area contributed by atoms with Crippen molar-refractivity contribution in [1.29, 1.82) is 0 Å². The SMILES string of the molecule is CCNCC(C)C(=O)Nc1ccc(CS(N)(=O)=O)cc1. The van der Waals surface area contributed by atoms with Crippen LogP contribution in [-0.2, 0) is 20.6 Å². The first-order valence-corrected chi connectivity index (χ1v) is 8.14. The Morgan fingerprint density at radius 3 is 2.40 bits per heavy atom. The fourth-order valence-corrected chi connectivity index (χ4v) is 2.29. The predicted molar refractivity (Wildman–Crippen MR) is 79.6 cm³/mol. The molecule has 0 aliphatic heterocycles. The number of rotatable bonds is 7. The molecule has 0 saturated carbocycles. The molecular formula is C13H21N3O3S. The lowest BCUT2D eigenvalue weighted by Gasteiger charge is -2.12. The van der Waals surface area contributed by atoms with E-state index in [0.29, 0.717) is 17.8 Å². The Kier molecular flexibility index (Phi) is 6.12. The first-order chi connectivity index (χ1) is 9.31. The smallest absolute Gasteiger partial charge is 0.228 e. The average Bonchev–Trinajstić information content (AvgIpc) is 2.36. The summed E-state index contributed by atoms with van der Waals surface area (Å²) in [6, 6.07) is 6.60. The third-order valence-corrected chi connectivity index (χ3v) is 3.47. The van der Waals surface area contributed by atoms with Crippen LogP contribution in [0, 0.1) is 5.92 Å².